The minimum absolute atomic E-state index is 0.219. The number of phenolic OH excluding ortho intramolecular Hbond substituents is 1. The van der Waals surface area contributed by atoms with Crippen molar-refractivity contribution < 1.29 is 19.7 Å². The number of aromatic hydroxyl groups is 1. The maximum Gasteiger partial charge on any atom is 0.231 e. The van der Waals surface area contributed by atoms with Gasteiger partial charge in [-0.05, 0) is 25.5 Å². The molecule has 1 aromatic carbocycles. The van der Waals surface area contributed by atoms with E-state index < -0.39 is 0 Å². The first kappa shape index (κ1) is 14.0. The van der Waals surface area contributed by atoms with E-state index in [1.165, 1.54) is 0 Å². The molecule has 0 fully saturated rings. The molecule has 0 saturated heterocycles. The zero-order valence-corrected chi connectivity index (χ0v) is 11.0. The molecule has 2 rings (SSSR count). The van der Waals surface area contributed by atoms with Gasteiger partial charge in [0, 0.05) is 24.8 Å². The molecule has 1 heterocycles. The van der Waals surface area contributed by atoms with E-state index in [-0.39, 0.29) is 19.1 Å². The summed E-state index contributed by atoms with van der Waals surface area (Å²) in [6.45, 7) is 2.01. The summed E-state index contributed by atoms with van der Waals surface area (Å²) in [5, 5.41) is 21.8. The van der Waals surface area contributed by atoms with Crippen LogP contribution in [0.5, 0.6) is 17.2 Å². The van der Waals surface area contributed by atoms with Crippen LogP contribution in [0.25, 0.3) is 0 Å². The summed E-state index contributed by atoms with van der Waals surface area (Å²) in [5.41, 5.74) is 0.819. The Bertz CT molecular complexity index is 409. The molecule has 19 heavy (non-hydrogen) atoms. The summed E-state index contributed by atoms with van der Waals surface area (Å²) in [6, 6.07) is 3.41. The minimum Gasteiger partial charge on any atom is -0.507 e. The van der Waals surface area contributed by atoms with Crippen LogP contribution < -0.4 is 14.8 Å². The fourth-order valence-electron chi connectivity index (χ4n) is 2.05. The third kappa shape index (κ3) is 4.01. The largest absolute Gasteiger partial charge is 0.507 e. The molecule has 5 nitrogen and oxygen atoms in total. The normalized spacial score (nSPS) is 12.9. The second kappa shape index (κ2) is 7.21. The molecule has 3 N–H and O–H groups in total. The third-order valence-corrected chi connectivity index (χ3v) is 3.15. The highest BCUT2D eigenvalue weighted by atomic mass is 16.7. The van der Waals surface area contributed by atoms with Crippen molar-refractivity contribution in [3.63, 3.8) is 0 Å². The highest BCUT2D eigenvalue weighted by Gasteiger charge is 2.16. The number of fused-ring (bicyclic) bond motifs is 1. The highest BCUT2D eigenvalue weighted by Crippen LogP contribution is 2.37. The molecule has 1 aliphatic rings. The predicted molar refractivity (Wildman–Crippen MR) is 71.5 cm³/mol. The number of benzene rings is 1. The molecule has 106 valence electrons. The Hall–Kier alpha value is -1.46. The van der Waals surface area contributed by atoms with E-state index in [2.05, 4.69) is 5.32 Å². The van der Waals surface area contributed by atoms with Crippen LogP contribution in [0.1, 0.15) is 31.2 Å². The third-order valence-electron chi connectivity index (χ3n) is 3.15. The van der Waals surface area contributed by atoms with Gasteiger partial charge < -0.3 is 25.0 Å². The fourth-order valence-corrected chi connectivity index (χ4v) is 2.05. The number of phenols is 1. The second-order valence-electron chi connectivity index (χ2n) is 4.65. The van der Waals surface area contributed by atoms with Crippen LogP contribution in [0.15, 0.2) is 12.1 Å². The maximum absolute atomic E-state index is 9.84. The van der Waals surface area contributed by atoms with Crippen molar-refractivity contribution in [2.75, 3.05) is 19.9 Å². The second-order valence-corrected chi connectivity index (χ2v) is 4.65. The van der Waals surface area contributed by atoms with Crippen molar-refractivity contribution in [2.45, 2.75) is 32.2 Å². The Morgan fingerprint density at radius 2 is 1.79 bits per heavy atom. The first-order valence-corrected chi connectivity index (χ1v) is 6.74. The van der Waals surface area contributed by atoms with E-state index >= 15 is 0 Å². The van der Waals surface area contributed by atoms with Gasteiger partial charge in [-0.1, -0.05) is 12.8 Å². The SMILES string of the molecule is OCCCCCCNCc1cc2c(cc1O)OCO2. The lowest BCUT2D eigenvalue weighted by Gasteiger charge is -2.08. The Morgan fingerprint density at radius 1 is 1.05 bits per heavy atom. The molecular formula is C14H21NO4. The van der Waals surface area contributed by atoms with Gasteiger partial charge in [-0.2, -0.15) is 0 Å². The van der Waals surface area contributed by atoms with E-state index in [9.17, 15) is 5.11 Å². The molecule has 0 unspecified atom stereocenters. The lowest BCUT2D eigenvalue weighted by molar-refractivity contribution is 0.174. The first-order valence-electron chi connectivity index (χ1n) is 6.74. The van der Waals surface area contributed by atoms with Crippen molar-refractivity contribution in [3.05, 3.63) is 17.7 Å². The van der Waals surface area contributed by atoms with Crippen LogP contribution in [0.2, 0.25) is 0 Å². The predicted octanol–water partition coefficient (Wildman–Crippen LogP) is 1.76. The van der Waals surface area contributed by atoms with Crippen LogP contribution in [-0.4, -0.2) is 30.2 Å². The van der Waals surface area contributed by atoms with Crippen LogP contribution in [0, 0.1) is 0 Å². The molecule has 0 radical (unpaired) electrons. The summed E-state index contributed by atoms with van der Waals surface area (Å²) in [5.74, 6) is 1.53. The van der Waals surface area contributed by atoms with Crippen molar-refractivity contribution in [3.8, 4) is 17.2 Å². The summed E-state index contributed by atoms with van der Waals surface area (Å²) in [7, 11) is 0. The lowest BCUT2D eigenvalue weighted by Crippen LogP contribution is -2.14. The van der Waals surface area contributed by atoms with E-state index in [1.807, 2.05) is 6.07 Å². The topological polar surface area (TPSA) is 71.0 Å². The number of aliphatic hydroxyl groups is 1. The van der Waals surface area contributed by atoms with Crippen LogP contribution in [-0.2, 0) is 6.54 Å². The first-order chi connectivity index (χ1) is 9.31. The van der Waals surface area contributed by atoms with Gasteiger partial charge in [0.2, 0.25) is 6.79 Å². The molecule has 0 bridgehead atoms. The smallest absolute Gasteiger partial charge is 0.231 e. The number of ether oxygens (including phenoxy) is 2. The average molecular weight is 267 g/mol. The maximum atomic E-state index is 9.84. The van der Waals surface area contributed by atoms with Gasteiger partial charge in [-0.3, -0.25) is 0 Å². The van der Waals surface area contributed by atoms with E-state index in [1.54, 1.807) is 6.07 Å². The standard InChI is InChI=1S/C14H21NO4/c16-6-4-2-1-3-5-15-9-11-7-13-14(8-12(11)17)19-10-18-13/h7-8,15-17H,1-6,9-10H2. The van der Waals surface area contributed by atoms with Crippen LogP contribution in [0.3, 0.4) is 0 Å². The van der Waals surface area contributed by atoms with Crippen molar-refractivity contribution in [2.24, 2.45) is 0 Å². The summed E-state index contributed by atoms with van der Waals surface area (Å²) >= 11 is 0. The Kier molecular flexibility index (Phi) is 5.30. The van der Waals surface area contributed by atoms with Gasteiger partial charge in [0.15, 0.2) is 11.5 Å². The van der Waals surface area contributed by atoms with Gasteiger partial charge in [0.05, 0.1) is 0 Å². The Morgan fingerprint density at radius 3 is 2.58 bits per heavy atom. The Balaban J connectivity index is 1.71. The van der Waals surface area contributed by atoms with E-state index in [0.29, 0.717) is 18.0 Å². The molecule has 1 aromatic rings. The molecule has 0 saturated carbocycles. The van der Waals surface area contributed by atoms with E-state index in [0.717, 1.165) is 37.8 Å². The number of rotatable bonds is 8. The van der Waals surface area contributed by atoms with Gasteiger partial charge in [0.25, 0.3) is 0 Å². The number of hydrogen-bond acceptors (Lipinski definition) is 5. The quantitative estimate of drug-likeness (QED) is 0.626. The molecule has 1 aliphatic heterocycles. The molecule has 0 aliphatic carbocycles. The number of hydrogen-bond donors (Lipinski definition) is 3. The van der Waals surface area contributed by atoms with Gasteiger partial charge in [0.1, 0.15) is 5.75 Å². The van der Waals surface area contributed by atoms with Crippen molar-refractivity contribution in [1.82, 2.24) is 5.32 Å². The fraction of sp³-hybridized carbons (Fsp3) is 0.571. The average Bonchev–Trinajstić information content (AvgIpc) is 2.84. The number of nitrogens with one attached hydrogen (secondary N) is 1. The molecule has 5 heteroatoms. The highest BCUT2D eigenvalue weighted by molar-refractivity contribution is 5.51. The number of aliphatic hydroxyl groups excluding tert-OH is 1. The molecular weight excluding hydrogens is 246 g/mol. The zero-order chi connectivity index (χ0) is 13.5. The lowest BCUT2D eigenvalue weighted by atomic mass is 10.1. The summed E-state index contributed by atoms with van der Waals surface area (Å²) < 4.78 is 10.5. The van der Waals surface area contributed by atoms with E-state index in [4.69, 9.17) is 14.6 Å². The van der Waals surface area contributed by atoms with Crippen molar-refractivity contribution in [1.29, 1.82) is 0 Å². The molecule has 0 aromatic heterocycles. The monoisotopic (exact) mass is 267 g/mol. The minimum atomic E-state index is 0.219. The Labute approximate surface area is 113 Å². The van der Waals surface area contributed by atoms with Gasteiger partial charge in [-0.25, -0.2) is 0 Å². The summed E-state index contributed by atoms with van der Waals surface area (Å²) in [6.07, 6.45) is 4.13. The van der Waals surface area contributed by atoms with Crippen LogP contribution >= 0.6 is 0 Å². The number of unbranched alkanes of at least 4 members (excludes halogenated alkanes) is 3. The van der Waals surface area contributed by atoms with Gasteiger partial charge in [-0.15, -0.1) is 0 Å². The summed E-state index contributed by atoms with van der Waals surface area (Å²) in [4.78, 5) is 0. The van der Waals surface area contributed by atoms with Gasteiger partial charge >= 0.3 is 0 Å². The molecule has 0 spiro atoms. The van der Waals surface area contributed by atoms with Crippen molar-refractivity contribution >= 4 is 0 Å². The van der Waals surface area contributed by atoms with Crippen LogP contribution in [0.4, 0.5) is 0 Å². The molecule has 0 atom stereocenters. The molecule has 0 amide bonds. The zero-order valence-electron chi connectivity index (χ0n) is 11.0.